The van der Waals surface area contributed by atoms with E-state index in [2.05, 4.69) is 0 Å². The molecule has 0 heterocycles. The van der Waals surface area contributed by atoms with Crippen molar-refractivity contribution in [3.63, 3.8) is 0 Å². The summed E-state index contributed by atoms with van der Waals surface area (Å²) in [6.07, 6.45) is 0.0239. The Bertz CT molecular complexity index is 351. The quantitative estimate of drug-likeness (QED) is 0.855. The van der Waals surface area contributed by atoms with Gasteiger partial charge in [0.05, 0.1) is 6.10 Å². The number of aromatic hydroxyl groups is 1. The predicted molar refractivity (Wildman–Crippen MR) is 64.3 cm³/mol. The molecule has 1 aromatic rings. The molecule has 0 saturated carbocycles. The van der Waals surface area contributed by atoms with Gasteiger partial charge in [0.25, 0.3) is 0 Å². The monoisotopic (exact) mass is 224 g/mol. The Morgan fingerprint density at radius 3 is 2.19 bits per heavy atom. The van der Waals surface area contributed by atoms with Crippen LogP contribution in [0.4, 0.5) is 0 Å². The van der Waals surface area contributed by atoms with Gasteiger partial charge in [-0.3, -0.25) is 0 Å². The Hall–Kier alpha value is -1.38. The third-order valence-corrected chi connectivity index (χ3v) is 1.74. The topological polar surface area (TPSA) is 38.7 Å². The van der Waals surface area contributed by atoms with Crippen LogP contribution < -0.4 is 9.47 Å². The molecule has 0 aliphatic rings. The first-order valence-corrected chi connectivity index (χ1v) is 5.47. The number of phenols is 1. The van der Waals surface area contributed by atoms with Gasteiger partial charge in [0, 0.05) is 0 Å². The van der Waals surface area contributed by atoms with Crippen LogP contribution in [0.1, 0.15) is 34.6 Å². The van der Waals surface area contributed by atoms with E-state index in [9.17, 15) is 5.11 Å². The molecule has 90 valence electrons. The first-order valence-electron chi connectivity index (χ1n) is 5.47. The molecule has 0 atom stereocenters. The molecule has 3 heteroatoms. The zero-order valence-corrected chi connectivity index (χ0v) is 10.6. The molecule has 0 aliphatic heterocycles. The lowest BCUT2D eigenvalue weighted by Gasteiger charge is -2.22. The van der Waals surface area contributed by atoms with E-state index in [-0.39, 0.29) is 17.5 Å². The zero-order chi connectivity index (χ0) is 12.3. The van der Waals surface area contributed by atoms with Crippen LogP contribution in [0.5, 0.6) is 17.2 Å². The van der Waals surface area contributed by atoms with Crippen molar-refractivity contribution >= 4 is 0 Å². The van der Waals surface area contributed by atoms with E-state index in [0.717, 1.165) is 0 Å². The molecular weight excluding hydrogens is 204 g/mol. The van der Waals surface area contributed by atoms with Crippen molar-refractivity contribution in [2.45, 2.75) is 46.3 Å². The molecule has 0 saturated heterocycles. The van der Waals surface area contributed by atoms with Crippen molar-refractivity contribution < 1.29 is 14.6 Å². The highest BCUT2D eigenvalue weighted by atomic mass is 16.5. The van der Waals surface area contributed by atoms with Gasteiger partial charge in [-0.05, 0) is 46.8 Å². The summed E-state index contributed by atoms with van der Waals surface area (Å²) in [4.78, 5) is 0. The summed E-state index contributed by atoms with van der Waals surface area (Å²) in [6, 6.07) is 5.26. The number of hydrogen-bond donors (Lipinski definition) is 1. The van der Waals surface area contributed by atoms with Crippen LogP contribution in [0, 0.1) is 0 Å². The molecule has 16 heavy (non-hydrogen) atoms. The molecule has 0 radical (unpaired) electrons. The fourth-order valence-corrected chi connectivity index (χ4v) is 1.26. The molecule has 0 aromatic heterocycles. The second-order valence-corrected chi connectivity index (χ2v) is 4.98. The number of rotatable bonds is 3. The Morgan fingerprint density at radius 2 is 1.69 bits per heavy atom. The van der Waals surface area contributed by atoms with Crippen molar-refractivity contribution in [2.24, 2.45) is 0 Å². The molecular formula is C13H20O3. The van der Waals surface area contributed by atoms with E-state index >= 15 is 0 Å². The largest absolute Gasteiger partial charge is 0.502 e. The number of para-hydroxylation sites is 1. The summed E-state index contributed by atoms with van der Waals surface area (Å²) >= 11 is 0. The van der Waals surface area contributed by atoms with Gasteiger partial charge in [-0.1, -0.05) is 6.07 Å². The van der Waals surface area contributed by atoms with Crippen LogP contribution in [0.2, 0.25) is 0 Å². The number of ether oxygens (including phenoxy) is 2. The average Bonchev–Trinajstić information content (AvgIpc) is 2.09. The van der Waals surface area contributed by atoms with Crippen LogP contribution in [-0.4, -0.2) is 16.8 Å². The SMILES string of the molecule is CC(C)Oc1cccc(OC(C)(C)C)c1O. The summed E-state index contributed by atoms with van der Waals surface area (Å²) in [6.45, 7) is 9.63. The molecule has 0 amide bonds. The molecule has 0 fully saturated rings. The summed E-state index contributed by atoms with van der Waals surface area (Å²) < 4.78 is 11.1. The zero-order valence-electron chi connectivity index (χ0n) is 10.6. The second-order valence-electron chi connectivity index (χ2n) is 4.98. The van der Waals surface area contributed by atoms with Gasteiger partial charge >= 0.3 is 0 Å². The lowest BCUT2D eigenvalue weighted by Crippen LogP contribution is -2.23. The number of hydrogen-bond acceptors (Lipinski definition) is 3. The van der Waals surface area contributed by atoms with Gasteiger partial charge in [-0.2, -0.15) is 0 Å². The van der Waals surface area contributed by atoms with Gasteiger partial charge < -0.3 is 14.6 Å². The van der Waals surface area contributed by atoms with Crippen molar-refractivity contribution in [3.8, 4) is 17.2 Å². The smallest absolute Gasteiger partial charge is 0.200 e. The molecule has 0 unspecified atom stereocenters. The van der Waals surface area contributed by atoms with Crippen LogP contribution in [-0.2, 0) is 0 Å². The Balaban J connectivity index is 2.95. The van der Waals surface area contributed by atoms with Gasteiger partial charge in [-0.15, -0.1) is 0 Å². The summed E-state index contributed by atoms with van der Waals surface area (Å²) in [5.74, 6) is 0.966. The molecule has 0 aliphatic carbocycles. The maximum atomic E-state index is 9.95. The highest BCUT2D eigenvalue weighted by molar-refractivity contribution is 5.50. The van der Waals surface area contributed by atoms with Gasteiger partial charge in [0.15, 0.2) is 11.5 Å². The van der Waals surface area contributed by atoms with E-state index in [0.29, 0.717) is 11.5 Å². The van der Waals surface area contributed by atoms with Crippen molar-refractivity contribution in [3.05, 3.63) is 18.2 Å². The average molecular weight is 224 g/mol. The number of benzene rings is 1. The first kappa shape index (κ1) is 12.7. The summed E-state index contributed by atoms with van der Waals surface area (Å²) in [5.41, 5.74) is -0.339. The van der Waals surface area contributed by atoms with E-state index in [1.807, 2.05) is 34.6 Å². The minimum absolute atomic E-state index is 0.0239. The van der Waals surface area contributed by atoms with Crippen molar-refractivity contribution in [1.29, 1.82) is 0 Å². The highest BCUT2D eigenvalue weighted by Gasteiger charge is 2.17. The van der Waals surface area contributed by atoms with Crippen LogP contribution in [0.3, 0.4) is 0 Å². The van der Waals surface area contributed by atoms with Crippen LogP contribution in [0.25, 0.3) is 0 Å². The maximum Gasteiger partial charge on any atom is 0.200 e. The predicted octanol–water partition coefficient (Wildman–Crippen LogP) is 3.36. The third-order valence-electron chi connectivity index (χ3n) is 1.74. The van der Waals surface area contributed by atoms with Crippen molar-refractivity contribution in [1.82, 2.24) is 0 Å². The molecule has 1 N–H and O–H groups in total. The maximum absolute atomic E-state index is 9.95. The minimum atomic E-state index is -0.339. The summed E-state index contributed by atoms with van der Waals surface area (Å²) in [5, 5.41) is 9.95. The minimum Gasteiger partial charge on any atom is -0.502 e. The fourth-order valence-electron chi connectivity index (χ4n) is 1.26. The van der Waals surface area contributed by atoms with Crippen LogP contribution in [0.15, 0.2) is 18.2 Å². The van der Waals surface area contributed by atoms with E-state index in [1.54, 1.807) is 18.2 Å². The molecule has 1 aromatic carbocycles. The lowest BCUT2D eigenvalue weighted by molar-refractivity contribution is 0.124. The Kier molecular flexibility index (Phi) is 3.68. The number of phenolic OH excluding ortho intramolecular Hbond substituents is 1. The second kappa shape index (κ2) is 4.64. The molecule has 0 spiro atoms. The standard InChI is InChI=1S/C13H20O3/c1-9(2)15-10-7-6-8-11(12(10)14)16-13(3,4)5/h6-9,14H,1-5H3. The van der Waals surface area contributed by atoms with E-state index < -0.39 is 0 Å². The van der Waals surface area contributed by atoms with Crippen LogP contribution >= 0.6 is 0 Å². The Labute approximate surface area is 97.0 Å². The van der Waals surface area contributed by atoms with E-state index in [4.69, 9.17) is 9.47 Å². The third kappa shape index (κ3) is 3.65. The summed E-state index contributed by atoms with van der Waals surface area (Å²) in [7, 11) is 0. The van der Waals surface area contributed by atoms with Gasteiger partial charge in [0.1, 0.15) is 5.60 Å². The highest BCUT2D eigenvalue weighted by Crippen LogP contribution is 2.37. The van der Waals surface area contributed by atoms with Gasteiger partial charge in [-0.25, -0.2) is 0 Å². The lowest BCUT2D eigenvalue weighted by atomic mass is 10.2. The Morgan fingerprint density at radius 1 is 1.12 bits per heavy atom. The molecule has 0 bridgehead atoms. The first-order chi connectivity index (χ1) is 7.29. The van der Waals surface area contributed by atoms with Gasteiger partial charge in [0.2, 0.25) is 5.75 Å². The van der Waals surface area contributed by atoms with Crippen molar-refractivity contribution in [2.75, 3.05) is 0 Å². The normalized spacial score (nSPS) is 11.6. The fraction of sp³-hybridized carbons (Fsp3) is 0.538. The molecule has 1 rings (SSSR count). The molecule has 3 nitrogen and oxygen atoms in total. The van der Waals surface area contributed by atoms with E-state index in [1.165, 1.54) is 0 Å².